The maximum atomic E-state index is 6.18. The van der Waals surface area contributed by atoms with Crippen LogP contribution in [0.25, 0.3) is 0 Å². The van der Waals surface area contributed by atoms with Crippen LogP contribution in [0.1, 0.15) is 17.7 Å². The maximum Gasteiger partial charge on any atom is 0.193 e. The molecule has 6 heteroatoms. The van der Waals surface area contributed by atoms with Crippen molar-refractivity contribution in [1.82, 2.24) is 14.8 Å². The van der Waals surface area contributed by atoms with Crippen LogP contribution in [0.2, 0.25) is 5.02 Å². The number of benzene rings is 1. The van der Waals surface area contributed by atoms with Crippen LogP contribution in [-0.4, -0.2) is 36.1 Å². The van der Waals surface area contributed by atoms with Gasteiger partial charge in [0.2, 0.25) is 0 Å². The van der Waals surface area contributed by atoms with Crippen molar-refractivity contribution in [3.05, 3.63) is 58.9 Å². The van der Waals surface area contributed by atoms with E-state index in [9.17, 15) is 0 Å². The minimum atomic E-state index is 0. The molecule has 0 radical (unpaired) electrons. The van der Waals surface area contributed by atoms with Gasteiger partial charge in [-0.15, -0.1) is 24.0 Å². The number of hydrogen-bond donors (Lipinski definition) is 1. The standard InChI is InChI=1S/C18H25ClN4.HI/c1-20-18(23(3)14-16-10-7-13-22(16)2)21-12-6-9-15-8-4-5-11-17(15)19;/h4-5,7-8,10-11,13H,6,9,12,14H2,1-3H3,(H,20,21);1H. The van der Waals surface area contributed by atoms with E-state index in [0.29, 0.717) is 0 Å². The molecule has 0 spiro atoms. The number of aliphatic imine (C=N–C) groups is 1. The van der Waals surface area contributed by atoms with Crippen LogP contribution in [0, 0.1) is 0 Å². The molecule has 0 saturated carbocycles. The van der Waals surface area contributed by atoms with Crippen molar-refractivity contribution in [2.45, 2.75) is 19.4 Å². The molecule has 0 unspecified atom stereocenters. The summed E-state index contributed by atoms with van der Waals surface area (Å²) in [6, 6.07) is 12.2. The normalized spacial score (nSPS) is 11.1. The summed E-state index contributed by atoms with van der Waals surface area (Å²) in [6.45, 7) is 1.70. The summed E-state index contributed by atoms with van der Waals surface area (Å²) in [5.74, 6) is 0.908. The third kappa shape index (κ3) is 6.02. The number of nitrogens with zero attached hydrogens (tertiary/aromatic N) is 3. The zero-order chi connectivity index (χ0) is 16.7. The number of nitrogens with one attached hydrogen (secondary N) is 1. The molecule has 4 nitrogen and oxygen atoms in total. The number of halogens is 2. The summed E-state index contributed by atoms with van der Waals surface area (Å²) in [4.78, 5) is 6.49. The van der Waals surface area contributed by atoms with Gasteiger partial charge in [0, 0.05) is 44.6 Å². The van der Waals surface area contributed by atoms with Crippen LogP contribution in [-0.2, 0) is 20.0 Å². The molecular formula is C18H26ClIN4. The fourth-order valence-electron chi connectivity index (χ4n) is 2.54. The lowest BCUT2D eigenvalue weighted by Gasteiger charge is -2.22. The summed E-state index contributed by atoms with van der Waals surface area (Å²) in [5, 5.41) is 4.26. The zero-order valence-corrected chi connectivity index (χ0v) is 17.6. The van der Waals surface area contributed by atoms with Gasteiger partial charge in [-0.25, -0.2) is 0 Å². The fraction of sp³-hybridized carbons (Fsp3) is 0.389. The van der Waals surface area contributed by atoms with Gasteiger partial charge in [0.15, 0.2) is 5.96 Å². The molecule has 24 heavy (non-hydrogen) atoms. The van der Waals surface area contributed by atoms with E-state index in [-0.39, 0.29) is 24.0 Å². The van der Waals surface area contributed by atoms with Crippen molar-refractivity contribution in [2.75, 3.05) is 20.6 Å². The van der Waals surface area contributed by atoms with E-state index in [1.165, 1.54) is 11.3 Å². The quantitative estimate of drug-likeness (QED) is 0.307. The van der Waals surface area contributed by atoms with Gasteiger partial charge in [0.25, 0.3) is 0 Å². The van der Waals surface area contributed by atoms with Crippen LogP contribution >= 0.6 is 35.6 Å². The average Bonchev–Trinajstić information content (AvgIpc) is 2.94. The third-order valence-corrected chi connectivity index (χ3v) is 4.26. The van der Waals surface area contributed by atoms with E-state index in [1.54, 1.807) is 0 Å². The van der Waals surface area contributed by atoms with E-state index >= 15 is 0 Å². The van der Waals surface area contributed by atoms with Gasteiger partial charge in [-0.2, -0.15) is 0 Å². The summed E-state index contributed by atoms with van der Waals surface area (Å²) in [6.07, 6.45) is 4.04. The number of aromatic nitrogens is 1. The lowest BCUT2D eigenvalue weighted by molar-refractivity contribution is 0.461. The Labute approximate surface area is 166 Å². The molecule has 0 aliphatic heterocycles. The molecule has 1 aromatic carbocycles. The highest BCUT2D eigenvalue weighted by Gasteiger charge is 2.08. The summed E-state index contributed by atoms with van der Waals surface area (Å²) >= 11 is 6.18. The van der Waals surface area contributed by atoms with Gasteiger partial charge >= 0.3 is 0 Å². The van der Waals surface area contributed by atoms with Gasteiger partial charge in [-0.3, -0.25) is 4.99 Å². The monoisotopic (exact) mass is 460 g/mol. The second-order valence-corrected chi connectivity index (χ2v) is 6.04. The topological polar surface area (TPSA) is 32.6 Å². The van der Waals surface area contributed by atoms with E-state index < -0.39 is 0 Å². The lowest BCUT2D eigenvalue weighted by Crippen LogP contribution is -2.39. The Bertz CT molecular complexity index is 654. The molecular weight excluding hydrogens is 435 g/mol. The first-order valence-electron chi connectivity index (χ1n) is 7.87. The van der Waals surface area contributed by atoms with Crippen LogP contribution in [0.3, 0.4) is 0 Å². The van der Waals surface area contributed by atoms with Crippen molar-refractivity contribution < 1.29 is 0 Å². The van der Waals surface area contributed by atoms with E-state index in [2.05, 4.69) is 58.3 Å². The number of aryl methyl sites for hydroxylation is 2. The van der Waals surface area contributed by atoms with E-state index in [1.807, 2.05) is 25.2 Å². The highest BCUT2D eigenvalue weighted by Crippen LogP contribution is 2.16. The Morgan fingerprint density at radius 1 is 1.25 bits per heavy atom. The van der Waals surface area contributed by atoms with Crippen LogP contribution in [0.5, 0.6) is 0 Å². The Kier molecular flexibility index (Phi) is 9.21. The fourth-order valence-corrected chi connectivity index (χ4v) is 2.77. The van der Waals surface area contributed by atoms with Crippen molar-refractivity contribution in [1.29, 1.82) is 0 Å². The predicted octanol–water partition coefficient (Wildman–Crippen LogP) is 3.94. The number of guanidine groups is 1. The SMILES string of the molecule is CN=C(NCCCc1ccccc1Cl)N(C)Cc1cccn1C.I. The molecule has 132 valence electrons. The van der Waals surface area contributed by atoms with Crippen molar-refractivity contribution in [3.8, 4) is 0 Å². The molecule has 0 bridgehead atoms. The molecule has 1 aromatic heterocycles. The van der Waals surface area contributed by atoms with Crippen LogP contribution in [0.4, 0.5) is 0 Å². The minimum Gasteiger partial charge on any atom is -0.356 e. The summed E-state index contributed by atoms with van der Waals surface area (Å²) in [5.41, 5.74) is 2.45. The second kappa shape index (κ2) is 10.6. The third-order valence-electron chi connectivity index (χ3n) is 3.89. The lowest BCUT2D eigenvalue weighted by atomic mass is 10.1. The second-order valence-electron chi connectivity index (χ2n) is 5.64. The smallest absolute Gasteiger partial charge is 0.193 e. The van der Waals surface area contributed by atoms with Crippen molar-refractivity contribution in [2.24, 2.45) is 12.0 Å². The minimum absolute atomic E-state index is 0. The Balaban J connectivity index is 0.00000288. The molecule has 0 fully saturated rings. The molecule has 0 aliphatic rings. The molecule has 0 saturated heterocycles. The first kappa shape index (κ1) is 20.8. The summed E-state index contributed by atoms with van der Waals surface area (Å²) < 4.78 is 2.13. The molecule has 1 N–H and O–H groups in total. The van der Waals surface area contributed by atoms with E-state index in [4.69, 9.17) is 11.6 Å². The predicted molar refractivity (Wildman–Crippen MR) is 113 cm³/mol. The van der Waals surface area contributed by atoms with Gasteiger partial charge in [-0.05, 0) is 36.6 Å². The number of rotatable bonds is 6. The Hall–Kier alpha value is -1.21. The Morgan fingerprint density at radius 2 is 2.00 bits per heavy atom. The van der Waals surface area contributed by atoms with Crippen LogP contribution < -0.4 is 5.32 Å². The Morgan fingerprint density at radius 3 is 2.62 bits per heavy atom. The molecule has 0 atom stereocenters. The summed E-state index contributed by atoms with van der Waals surface area (Å²) in [7, 11) is 5.93. The first-order chi connectivity index (χ1) is 11.1. The van der Waals surface area contributed by atoms with E-state index in [0.717, 1.165) is 36.9 Å². The zero-order valence-electron chi connectivity index (χ0n) is 14.5. The maximum absolute atomic E-state index is 6.18. The first-order valence-corrected chi connectivity index (χ1v) is 8.25. The molecule has 2 rings (SSSR count). The molecule has 1 heterocycles. The molecule has 2 aromatic rings. The molecule has 0 amide bonds. The molecule has 0 aliphatic carbocycles. The number of hydrogen-bond acceptors (Lipinski definition) is 1. The average molecular weight is 461 g/mol. The van der Waals surface area contributed by atoms with Crippen molar-refractivity contribution >= 4 is 41.5 Å². The van der Waals surface area contributed by atoms with Crippen LogP contribution in [0.15, 0.2) is 47.6 Å². The highest BCUT2D eigenvalue weighted by molar-refractivity contribution is 14.0. The van der Waals surface area contributed by atoms with Gasteiger partial charge in [0.05, 0.1) is 6.54 Å². The van der Waals surface area contributed by atoms with Gasteiger partial charge < -0.3 is 14.8 Å². The van der Waals surface area contributed by atoms with Gasteiger partial charge in [-0.1, -0.05) is 29.8 Å². The highest BCUT2D eigenvalue weighted by atomic mass is 127. The largest absolute Gasteiger partial charge is 0.356 e. The van der Waals surface area contributed by atoms with Gasteiger partial charge in [0.1, 0.15) is 0 Å². The van der Waals surface area contributed by atoms with Crippen molar-refractivity contribution in [3.63, 3.8) is 0 Å².